The molecule has 1 rings (SSSR count). The summed E-state index contributed by atoms with van der Waals surface area (Å²) in [5, 5.41) is 2.93. The summed E-state index contributed by atoms with van der Waals surface area (Å²) in [6, 6.07) is 8.32. The molecule has 0 fully saturated rings. The van der Waals surface area contributed by atoms with Crippen LogP contribution < -0.4 is 11.1 Å². The van der Waals surface area contributed by atoms with E-state index in [1.807, 2.05) is 6.92 Å². The molecule has 1 aromatic carbocycles. The van der Waals surface area contributed by atoms with Gasteiger partial charge in [-0.1, -0.05) is 45.0 Å². The monoisotopic (exact) mass is 262 g/mol. The summed E-state index contributed by atoms with van der Waals surface area (Å²) >= 11 is 0. The molecule has 19 heavy (non-hydrogen) atoms. The Morgan fingerprint density at radius 3 is 1.95 bits per heavy atom. The van der Waals surface area contributed by atoms with E-state index in [-0.39, 0.29) is 17.4 Å². The van der Waals surface area contributed by atoms with Crippen LogP contribution in [0, 0.1) is 0 Å². The standard InChI is InChI=1S/C16H26N2O/c1-11(18-14(19)16(5,6)17)12-7-9-13(10-8-12)15(2,3)4/h7-11H,17H2,1-6H3,(H,18,19). The number of carbonyl (C=O) groups excluding carboxylic acids is 1. The van der Waals surface area contributed by atoms with Gasteiger partial charge in [0.25, 0.3) is 0 Å². The van der Waals surface area contributed by atoms with Crippen LogP contribution in [-0.2, 0) is 10.2 Å². The summed E-state index contributed by atoms with van der Waals surface area (Å²) < 4.78 is 0. The van der Waals surface area contributed by atoms with Gasteiger partial charge in [0, 0.05) is 0 Å². The van der Waals surface area contributed by atoms with E-state index >= 15 is 0 Å². The second kappa shape index (κ2) is 5.33. The normalized spacial score (nSPS) is 14.1. The predicted molar refractivity (Wildman–Crippen MR) is 80.0 cm³/mol. The highest BCUT2D eigenvalue weighted by Gasteiger charge is 2.23. The second-order valence-electron chi connectivity index (χ2n) is 6.79. The number of benzene rings is 1. The summed E-state index contributed by atoms with van der Waals surface area (Å²) in [5.74, 6) is -0.139. The minimum Gasteiger partial charge on any atom is -0.348 e. The Morgan fingerprint density at radius 1 is 1.11 bits per heavy atom. The van der Waals surface area contributed by atoms with Crippen molar-refractivity contribution in [1.82, 2.24) is 5.32 Å². The van der Waals surface area contributed by atoms with Crippen molar-refractivity contribution < 1.29 is 4.79 Å². The van der Waals surface area contributed by atoms with E-state index in [0.29, 0.717) is 0 Å². The first-order chi connectivity index (χ1) is 8.51. The Balaban J connectivity index is 2.79. The molecule has 0 radical (unpaired) electrons. The van der Waals surface area contributed by atoms with E-state index in [9.17, 15) is 4.79 Å². The third kappa shape index (κ3) is 4.35. The summed E-state index contributed by atoms with van der Waals surface area (Å²) in [6.45, 7) is 11.9. The van der Waals surface area contributed by atoms with Gasteiger partial charge in [0.15, 0.2) is 0 Å². The molecule has 3 nitrogen and oxygen atoms in total. The Kier molecular flexibility index (Phi) is 4.41. The zero-order chi connectivity index (χ0) is 14.8. The first-order valence-electron chi connectivity index (χ1n) is 6.72. The maximum absolute atomic E-state index is 11.8. The predicted octanol–water partition coefficient (Wildman–Crippen LogP) is 2.90. The molecule has 0 aliphatic heterocycles. The Hall–Kier alpha value is -1.35. The molecule has 1 unspecified atom stereocenters. The Labute approximate surface area is 116 Å². The number of hydrogen-bond donors (Lipinski definition) is 2. The molecule has 0 saturated heterocycles. The molecular weight excluding hydrogens is 236 g/mol. The van der Waals surface area contributed by atoms with Crippen LogP contribution in [-0.4, -0.2) is 11.4 Å². The molecule has 106 valence electrons. The molecule has 1 amide bonds. The first kappa shape index (κ1) is 15.7. The van der Waals surface area contributed by atoms with Crippen molar-refractivity contribution in [2.45, 2.75) is 58.5 Å². The summed E-state index contributed by atoms with van der Waals surface area (Å²) in [7, 11) is 0. The molecule has 1 aromatic rings. The van der Waals surface area contributed by atoms with Gasteiger partial charge >= 0.3 is 0 Å². The van der Waals surface area contributed by atoms with E-state index in [1.54, 1.807) is 13.8 Å². The van der Waals surface area contributed by atoms with Crippen molar-refractivity contribution in [3.63, 3.8) is 0 Å². The highest BCUT2D eigenvalue weighted by atomic mass is 16.2. The van der Waals surface area contributed by atoms with Gasteiger partial charge in [0.1, 0.15) is 0 Å². The fraction of sp³-hybridized carbons (Fsp3) is 0.562. The average molecular weight is 262 g/mol. The third-order valence-electron chi connectivity index (χ3n) is 3.21. The number of amides is 1. The number of nitrogens with one attached hydrogen (secondary N) is 1. The van der Waals surface area contributed by atoms with Crippen molar-refractivity contribution >= 4 is 5.91 Å². The Bertz CT molecular complexity index is 435. The molecule has 3 N–H and O–H groups in total. The van der Waals surface area contributed by atoms with Gasteiger partial charge in [-0.25, -0.2) is 0 Å². The summed E-state index contributed by atoms with van der Waals surface area (Å²) in [6.07, 6.45) is 0. The quantitative estimate of drug-likeness (QED) is 0.880. The lowest BCUT2D eigenvalue weighted by Crippen LogP contribution is -2.49. The van der Waals surface area contributed by atoms with Crippen LogP contribution in [0.5, 0.6) is 0 Å². The number of hydrogen-bond acceptors (Lipinski definition) is 2. The largest absolute Gasteiger partial charge is 0.348 e. The zero-order valence-electron chi connectivity index (χ0n) is 12.9. The SMILES string of the molecule is CC(NC(=O)C(C)(C)N)c1ccc(C(C)(C)C)cc1. The van der Waals surface area contributed by atoms with Crippen LogP contribution in [0.3, 0.4) is 0 Å². The smallest absolute Gasteiger partial charge is 0.239 e. The minimum absolute atomic E-state index is 0.0376. The molecule has 0 saturated carbocycles. The molecule has 1 atom stereocenters. The molecule has 0 aromatic heterocycles. The van der Waals surface area contributed by atoms with Gasteiger partial charge in [-0.3, -0.25) is 4.79 Å². The fourth-order valence-corrected chi connectivity index (χ4v) is 1.74. The molecule has 3 heteroatoms. The van der Waals surface area contributed by atoms with Crippen molar-refractivity contribution in [2.75, 3.05) is 0 Å². The summed E-state index contributed by atoms with van der Waals surface area (Å²) in [5.41, 5.74) is 7.44. The zero-order valence-corrected chi connectivity index (χ0v) is 12.9. The number of carbonyl (C=O) groups is 1. The van der Waals surface area contributed by atoms with Crippen LogP contribution in [0.1, 0.15) is 58.7 Å². The van der Waals surface area contributed by atoms with Crippen molar-refractivity contribution in [1.29, 1.82) is 0 Å². The maximum atomic E-state index is 11.8. The van der Waals surface area contributed by atoms with Gasteiger partial charge in [0.05, 0.1) is 11.6 Å². The molecule has 0 aliphatic rings. The fourth-order valence-electron chi connectivity index (χ4n) is 1.74. The van der Waals surface area contributed by atoms with E-state index in [1.165, 1.54) is 5.56 Å². The van der Waals surface area contributed by atoms with Gasteiger partial charge in [-0.2, -0.15) is 0 Å². The third-order valence-corrected chi connectivity index (χ3v) is 3.21. The van der Waals surface area contributed by atoms with Gasteiger partial charge in [-0.05, 0) is 37.3 Å². The van der Waals surface area contributed by atoms with Crippen LogP contribution in [0.25, 0.3) is 0 Å². The Morgan fingerprint density at radius 2 is 1.58 bits per heavy atom. The average Bonchev–Trinajstić information content (AvgIpc) is 2.26. The molecule has 0 spiro atoms. The lowest BCUT2D eigenvalue weighted by Gasteiger charge is -2.23. The number of nitrogens with two attached hydrogens (primary N) is 1. The lowest BCUT2D eigenvalue weighted by atomic mass is 9.86. The van der Waals surface area contributed by atoms with E-state index in [0.717, 1.165) is 5.56 Å². The van der Waals surface area contributed by atoms with Gasteiger partial charge in [-0.15, -0.1) is 0 Å². The van der Waals surface area contributed by atoms with Crippen molar-refractivity contribution in [3.8, 4) is 0 Å². The number of rotatable bonds is 3. The highest BCUT2D eigenvalue weighted by molar-refractivity contribution is 5.85. The molecule has 0 heterocycles. The first-order valence-corrected chi connectivity index (χ1v) is 6.72. The highest BCUT2D eigenvalue weighted by Crippen LogP contribution is 2.24. The molecule has 0 bridgehead atoms. The van der Waals surface area contributed by atoms with E-state index in [2.05, 4.69) is 50.4 Å². The van der Waals surface area contributed by atoms with Crippen molar-refractivity contribution in [3.05, 3.63) is 35.4 Å². The van der Waals surface area contributed by atoms with Gasteiger partial charge < -0.3 is 11.1 Å². The van der Waals surface area contributed by atoms with Crippen LogP contribution in [0.15, 0.2) is 24.3 Å². The van der Waals surface area contributed by atoms with E-state index in [4.69, 9.17) is 5.73 Å². The maximum Gasteiger partial charge on any atom is 0.239 e. The van der Waals surface area contributed by atoms with E-state index < -0.39 is 5.54 Å². The summed E-state index contributed by atoms with van der Waals surface area (Å²) in [4.78, 5) is 11.8. The van der Waals surface area contributed by atoms with Gasteiger partial charge in [0.2, 0.25) is 5.91 Å². The van der Waals surface area contributed by atoms with Crippen LogP contribution in [0.4, 0.5) is 0 Å². The minimum atomic E-state index is -0.848. The molecule has 0 aliphatic carbocycles. The van der Waals surface area contributed by atoms with Crippen LogP contribution >= 0.6 is 0 Å². The van der Waals surface area contributed by atoms with Crippen LogP contribution in [0.2, 0.25) is 0 Å². The van der Waals surface area contributed by atoms with Crippen molar-refractivity contribution in [2.24, 2.45) is 5.73 Å². The topological polar surface area (TPSA) is 55.1 Å². The molecular formula is C16H26N2O. The lowest BCUT2D eigenvalue weighted by molar-refractivity contribution is -0.125. The second-order valence-corrected chi connectivity index (χ2v) is 6.79.